The van der Waals surface area contributed by atoms with Gasteiger partial charge in [-0.05, 0) is 12.0 Å². The van der Waals surface area contributed by atoms with Crippen molar-refractivity contribution in [2.45, 2.75) is 6.42 Å². The molecule has 0 radical (unpaired) electrons. The molecule has 3 rings (SSSR count). The number of hydrogen-bond acceptors (Lipinski definition) is 2. The number of fused-ring (bicyclic) bond motifs is 1. The van der Waals surface area contributed by atoms with E-state index in [0.717, 1.165) is 5.56 Å². The van der Waals surface area contributed by atoms with E-state index in [4.69, 9.17) is 0 Å². The van der Waals surface area contributed by atoms with Crippen LogP contribution < -0.4 is 0 Å². The summed E-state index contributed by atoms with van der Waals surface area (Å²) in [5, 5.41) is 0. The lowest BCUT2D eigenvalue weighted by Crippen LogP contribution is -2.37. The van der Waals surface area contributed by atoms with E-state index in [1.165, 1.54) is 0 Å². The van der Waals surface area contributed by atoms with Gasteiger partial charge in [0.25, 0.3) is 0 Å². The highest BCUT2D eigenvalue weighted by Crippen LogP contribution is 2.40. The number of carbonyl (C=O) groups excluding carboxylic acids is 2. The largest absolute Gasteiger partial charge is 0.293 e. The molecule has 0 aromatic heterocycles. The third kappa shape index (κ3) is 1.92. The van der Waals surface area contributed by atoms with Gasteiger partial charge in [0.1, 0.15) is 5.41 Å². The number of alkyl halides is 1. The second-order valence-corrected chi connectivity index (χ2v) is 5.84. The highest BCUT2D eigenvalue weighted by atomic mass is 127. The fourth-order valence-electron chi connectivity index (χ4n) is 2.77. The van der Waals surface area contributed by atoms with Crippen LogP contribution in [0.3, 0.4) is 0 Å². The molecule has 0 saturated heterocycles. The minimum absolute atomic E-state index is 0.0312. The fraction of sp³-hybridized carbons (Fsp3) is 0.176. The summed E-state index contributed by atoms with van der Waals surface area (Å²) in [4.78, 5) is 25.5. The number of carbonyl (C=O) groups is 2. The Hall–Kier alpha value is -1.49. The van der Waals surface area contributed by atoms with Crippen molar-refractivity contribution in [3.8, 4) is 0 Å². The van der Waals surface area contributed by atoms with E-state index in [2.05, 4.69) is 22.6 Å². The molecular weight excluding hydrogens is 363 g/mol. The van der Waals surface area contributed by atoms with E-state index in [1.54, 1.807) is 12.1 Å². The van der Waals surface area contributed by atoms with Gasteiger partial charge < -0.3 is 0 Å². The van der Waals surface area contributed by atoms with Crippen LogP contribution in [0.15, 0.2) is 54.6 Å². The molecule has 1 aliphatic rings. The van der Waals surface area contributed by atoms with E-state index in [9.17, 15) is 9.59 Å². The maximum atomic E-state index is 12.7. The van der Waals surface area contributed by atoms with Crippen LogP contribution in [0.4, 0.5) is 0 Å². The van der Waals surface area contributed by atoms with Gasteiger partial charge in [0.2, 0.25) is 0 Å². The Labute approximate surface area is 131 Å². The molecule has 2 aromatic rings. The molecule has 0 N–H and O–H groups in total. The normalized spacial score (nSPS) is 16.2. The smallest absolute Gasteiger partial charge is 0.178 e. The predicted molar refractivity (Wildman–Crippen MR) is 86.6 cm³/mol. The van der Waals surface area contributed by atoms with Gasteiger partial charge in [-0.25, -0.2) is 0 Å². The lowest BCUT2D eigenvalue weighted by atomic mass is 9.79. The third-order valence-electron chi connectivity index (χ3n) is 3.86. The lowest BCUT2D eigenvalue weighted by molar-refractivity contribution is 0.0732. The van der Waals surface area contributed by atoms with Gasteiger partial charge in [0.15, 0.2) is 11.6 Å². The fourth-order valence-corrected chi connectivity index (χ4v) is 3.73. The maximum absolute atomic E-state index is 12.7. The topological polar surface area (TPSA) is 34.1 Å². The standard InChI is InChI=1S/C17H13IO2/c18-11-17(10-12-6-2-1-3-7-12)15(19)13-8-4-5-9-14(13)16(17)20/h1-9H,10-11H2. The summed E-state index contributed by atoms with van der Waals surface area (Å²) in [5.74, 6) is -0.0623. The van der Waals surface area contributed by atoms with Crippen molar-refractivity contribution in [3.05, 3.63) is 71.3 Å². The highest BCUT2D eigenvalue weighted by Gasteiger charge is 2.51. The van der Waals surface area contributed by atoms with Crippen LogP contribution in [-0.4, -0.2) is 16.0 Å². The van der Waals surface area contributed by atoms with Crippen LogP contribution in [0, 0.1) is 5.41 Å². The number of ketones is 2. The maximum Gasteiger partial charge on any atom is 0.178 e. The van der Waals surface area contributed by atoms with Crippen LogP contribution in [0.25, 0.3) is 0 Å². The quantitative estimate of drug-likeness (QED) is 0.465. The minimum atomic E-state index is -0.925. The molecule has 0 atom stereocenters. The summed E-state index contributed by atoms with van der Waals surface area (Å²) in [6.07, 6.45) is 0.475. The third-order valence-corrected chi connectivity index (χ3v) is 5.16. The molecule has 0 amide bonds. The summed E-state index contributed by atoms with van der Waals surface area (Å²) in [5.41, 5.74) is 1.25. The SMILES string of the molecule is O=C1c2ccccc2C(=O)C1(CI)Cc1ccccc1. The zero-order chi connectivity index (χ0) is 14.2. The Kier molecular flexibility index (Phi) is 3.46. The average Bonchev–Trinajstić information content (AvgIpc) is 2.71. The van der Waals surface area contributed by atoms with Crippen molar-refractivity contribution in [2.24, 2.45) is 5.41 Å². The average molecular weight is 376 g/mol. The van der Waals surface area contributed by atoms with Gasteiger partial charge in [-0.15, -0.1) is 0 Å². The number of rotatable bonds is 3. The van der Waals surface area contributed by atoms with E-state index in [-0.39, 0.29) is 11.6 Å². The molecule has 2 aromatic carbocycles. The molecule has 0 aliphatic heterocycles. The second-order valence-electron chi connectivity index (χ2n) is 5.08. The Balaban J connectivity index is 2.07. The van der Waals surface area contributed by atoms with Gasteiger partial charge in [-0.3, -0.25) is 9.59 Å². The zero-order valence-corrected chi connectivity index (χ0v) is 13.0. The first-order chi connectivity index (χ1) is 9.69. The van der Waals surface area contributed by atoms with Crippen molar-refractivity contribution < 1.29 is 9.59 Å². The van der Waals surface area contributed by atoms with Gasteiger partial charge in [-0.2, -0.15) is 0 Å². The van der Waals surface area contributed by atoms with Crippen LogP contribution in [0.2, 0.25) is 0 Å². The molecule has 0 fully saturated rings. The molecule has 0 heterocycles. The molecule has 20 heavy (non-hydrogen) atoms. The molecular formula is C17H13IO2. The molecule has 0 spiro atoms. The first kappa shape index (κ1) is 13.5. The Morgan fingerprint density at radius 3 is 1.80 bits per heavy atom. The van der Waals surface area contributed by atoms with Crippen LogP contribution >= 0.6 is 22.6 Å². The first-order valence-electron chi connectivity index (χ1n) is 6.47. The van der Waals surface area contributed by atoms with Crippen molar-refractivity contribution in [1.82, 2.24) is 0 Å². The van der Waals surface area contributed by atoms with Crippen LogP contribution in [-0.2, 0) is 6.42 Å². The summed E-state index contributed by atoms with van der Waals surface area (Å²) in [6.45, 7) is 0. The Bertz CT molecular complexity index is 641. The summed E-state index contributed by atoms with van der Waals surface area (Å²) in [6, 6.07) is 16.9. The Morgan fingerprint density at radius 2 is 1.30 bits per heavy atom. The van der Waals surface area contributed by atoms with Crippen molar-refractivity contribution >= 4 is 34.2 Å². The number of Topliss-reactive ketones (excluding diaryl/α,β-unsaturated/α-hetero) is 2. The summed E-state index contributed by atoms with van der Waals surface area (Å²) in [7, 11) is 0. The van der Waals surface area contributed by atoms with Crippen LogP contribution in [0.5, 0.6) is 0 Å². The molecule has 2 nitrogen and oxygen atoms in total. The molecule has 0 unspecified atom stereocenters. The van der Waals surface area contributed by atoms with E-state index < -0.39 is 5.41 Å². The van der Waals surface area contributed by atoms with Gasteiger partial charge in [0, 0.05) is 15.6 Å². The molecule has 1 aliphatic carbocycles. The minimum Gasteiger partial charge on any atom is -0.293 e. The monoisotopic (exact) mass is 376 g/mol. The van der Waals surface area contributed by atoms with Gasteiger partial charge in [0.05, 0.1) is 0 Å². The summed E-state index contributed by atoms with van der Waals surface area (Å²) < 4.78 is 0.506. The summed E-state index contributed by atoms with van der Waals surface area (Å²) >= 11 is 2.16. The molecule has 0 bridgehead atoms. The lowest BCUT2D eigenvalue weighted by Gasteiger charge is -2.23. The van der Waals surface area contributed by atoms with Crippen molar-refractivity contribution in [1.29, 1.82) is 0 Å². The van der Waals surface area contributed by atoms with Gasteiger partial charge in [-0.1, -0.05) is 77.2 Å². The van der Waals surface area contributed by atoms with E-state index in [1.807, 2.05) is 42.5 Å². The van der Waals surface area contributed by atoms with E-state index >= 15 is 0 Å². The number of hydrogen-bond donors (Lipinski definition) is 0. The second kappa shape index (κ2) is 5.13. The molecule has 3 heteroatoms. The van der Waals surface area contributed by atoms with Gasteiger partial charge >= 0.3 is 0 Å². The Morgan fingerprint density at radius 1 is 0.800 bits per heavy atom. The van der Waals surface area contributed by atoms with E-state index in [0.29, 0.717) is 22.0 Å². The number of halogens is 1. The first-order valence-corrected chi connectivity index (χ1v) is 8.00. The zero-order valence-electron chi connectivity index (χ0n) is 10.8. The number of benzene rings is 2. The van der Waals surface area contributed by atoms with Crippen LogP contribution in [0.1, 0.15) is 26.3 Å². The van der Waals surface area contributed by atoms with Crippen molar-refractivity contribution in [3.63, 3.8) is 0 Å². The van der Waals surface area contributed by atoms with Crippen molar-refractivity contribution in [2.75, 3.05) is 4.43 Å². The highest BCUT2D eigenvalue weighted by molar-refractivity contribution is 14.1. The molecule has 0 saturated carbocycles. The molecule has 100 valence electrons. The predicted octanol–water partition coefficient (Wildman–Crippen LogP) is 3.73.